The number of thioether (sulfide) groups is 1. The average Bonchev–Trinajstić information content (AvgIpc) is 2.65. The van der Waals surface area contributed by atoms with Crippen LogP contribution in [0.2, 0.25) is 5.02 Å². The molecule has 0 saturated carbocycles. The standard InChI is InChI=1S/C10H8ClNO2S/c11-8-3-1-7(2-4-8)9(13)12-5-6-15-10(12)14/h1-4H,5-6H2. The summed E-state index contributed by atoms with van der Waals surface area (Å²) in [6, 6.07) is 6.53. The predicted molar refractivity (Wildman–Crippen MR) is 60.3 cm³/mol. The van der Waals surface area contributed by atoms with E-state index < -0.39 is 0 Å². The van der Waals surface area contributed by atoms with Crippen molar-refractivity contribution in [3.05, 3.63) is 34.9 Å². The molecule has 0 unspecified atom stereocenters. The van der Waals surface area contributed by atoms with E-state index in [9.17, 15) is 9.59 Å². The fourth-order valence-corrected chi connectivity index (χ4v) is 2.23. The molecule has 0 radical (unpaired) electrons. The summed E-state index contributed by atoms with van der Waals surface area (Å²) in [6.07, 6.45) is 0. The second-order valence-electron chi connectivity index (χ2n) is 3.08. The summed E-state index contributed by atoms with van der Waals surface area (Å²) < 4.78 is 0. The Bertz CT molecular complexity index is 404. The molecule has 78 valence electrons. The van der Waals surface area contributed by atoms with Crippen molar-refractivity contribution in [2.24, 2.45) is 0 Å². The van der Waals surface area contributed by atoms with Crippen molar-refractivity contribution in [2.45, 2.75) is 0 Å². The van der Waals surface area contributed by atoms with Crippen molar-refractivity contribution in [1.29, 1.82) is 0 Å². The van der Waals surface area contributed by atoms with Crippen LogP contribution >= 0.6 is 23.4 Å². The van der Waals surface area contributed by atoms with Crippen molar-refractivity contribution < 1.29 is 9.59 Å². The lowest BCUT2D eigenvalue weighted by molar-refractivity contribution is 0.0833. The quantitative estimate of drug-likeness (QED) is 0.759. The summed E-state index contributed by atoms with van der Waals surface area (Å²) in [6.45, 7) is 0.491. The molecule has 1 fully saturated rings. The Labute approximate surface area is 96.4 Å². The van der Waals surface area contributed by atoms with Crippen LogP contribution in [0.15, 0.2) is 24.3 Å². The zero-order valence-corrected chi connectivity index (χ0v) is 9.35. The van der Waals surface area contributed by atoms with Gasteiger partial charge in [-0.25, -0.2) is 0 Å². The summed E-state index contributed by atoms with van der Waals surface area (Å²) in [7, 11) is 0. The minimum atomic E-state index is -0.248. The van der Waals surface area contributed by atoms with Crippen LogP contribution in [0.1, 0.15) is 10.4 Å². The van der Waals surface area contributed by atoms with E-state index >= 15 is 0 Å². The average molecular weight is 242 g/mol. The Morgan fingerprint density at radius 2 is 2.00 bits per heavy atom. The number of nitrogens with zero attached hydrogens (tertiary/aromatic N) is 1. The van der Waals surface area contributed by atoms with Gasteiger partial charge in [0.2, 0.25) is 0 Å². The van der Waals surface area contributed by atoms with Crippen molar-refractivity contribution in [3.8, 4) is 0 Å². The Kier molecular flexibility index (Phi) is 2.98. The van der Waals surface area contributed by atoms with E-state index in [2.05, 4.69) is 0 Å². The van der Waals surface area contributed by atoms with Gasteiger partial charge in [-0.2, -0.15) is 0 Å². The first-order valence-corrected chi connectivity index (χ1v) is 5.79. The number of carbonyl (C=O) groups is 2. The zero-order chi connectivity index (χ0) is 10.8. The Morgan fingerprint density at radius 3 is 2.53 bits per heavy atom. The van der Waals surface area contributed by atoms with Crippen molar-refractivity contribution in [3.63, 3.8) is 0 Å². The van der Waals surface area contributed by atoms with Crippen LogP contribution in [0.4, 0.5) is 4.79 Å². The largest absolute Gasteiger partial charge is 0.288 e. The van der Waals surface area contributed by atoms with E-state index in [1.165, 1.54) is 16.7 Å². The summed E-state index contributed by atoms with van der Waals surface area (Å²) in [5.41, 5.74) is 0.496. The molecule has 15 heavy (non-hydrogen) atoms. The molecule has 1 heterocycles. The highest BCUT2D eigenvalue weighted by Gasteiger charge is 2.27. The lowest BCUT2D eigenvalue weighted by Gasteiger charge is -2.12. The lowest BCUT2D eigenvalue weighted by atomic mass is 10.2. The van der Waals surface area contributed by atoms with Crippen LogP contribution in [-0.2, 0) is 0 Å². The molecule has 1 aromatic rings. The van der Waals surface area contributed by atoms with Gasteiger partial charge in [0.1, 0.15) is 0 Å². The minimum absolute atomic E-state index is 0.171. The second kappa shape index (κ2) is 4.24. The first-order chi connectivity index (χ1) is 7.18. The molecule has 1 aliphatic rings. The third-order valence-electron chi connectivity index (χ3n) is 2.10. The van der Waals surface area contributed by atoms with Gasteiger partial charge in [-0.1, -0.05) is 23.4 Å². The van der Waals surface area contributed by atoms with Gasteiger partial charge < -0.3 is 0 Å². The van der Waals surface area contributed by atoms with Crippen molar-refractivity contribution in [1.82, 2.24) is 4.90 Å². The van der Waals surface area contributed by atoms with Gasteiger partial charge in [0, 0.05) is 22.9 Å². The number of rotatable bonds is 1. The second-order valence-corrected chi connectivity index (χ2v) is 4.56. The van der Waals surface area contributed by atoms with E-state index in [0.29, 0.717) is 22.9 Å². The highest BCUT2D eigenvalue weighted by molar-refractivity contribution is 8.13. The number of benzene rings is 1. The topological polar surface area (TPSA) is 37.4 Å². The summed E-state index contributed by atoms with van der Waals surface area (Å²) in [5, 5.41) is 0.406. The number of carbonyl (C=O) groups excluding carboxylic acids is 2. The Hall–Kier alpha value is -1.00. The molecule has 0 aliphatic carbocycles. The molecule has 3 nitrogen and oxygen atoms in total. The summed E-state index contributed by atoms with van der Waals surface area (Å²) in [4.78, 5) is 24.4. The third kappa shape index (κ3) is 2.16. The van der Waals surface area contributed by atoms with Gasteiger partial charge in [0.15, 0.2) is 0 Å². The minimum Gasteiger partial charge on any atom is -0.269 e. The first kappa shape index (κ1) is 10.5. The van der Waals surface area contributed by atoms with Crippen LogP contribution in [0.25, 0.3) is 0 Å². The van der Waals surface area contributed by atoms with Gasteiger partial charge in [-0.05, 0) is 24.3 Å². The van der Waals surface area contributed by atoms with Gasteiger partial charge in [-0.15, -0.1) is 0 Å². The zero-order valence-electron chi connectivity index (χ0n) is 7.77. The normalized spacial score (nSPS) is 15.8. The number of halogens is 1. The molecule has 0 spiro atoms. The molecule has 1 aromatic carbocycles. The van der Waals surface area contributed by atoms with Crippen LogP contribution in [0, 0.1) is 0 Å². The monoisotopic (exact) mass is 241 g/mol. The molecule has 5 heteroatoms. The lowest BCUT2D eigenvalue weighted by Crippen LogP contribution is -2.30. The van der Waals surface area contributed by atoms with E-state index in [4.69, 9.17) is 11.6 Å². The Morgan fingerprint density at radius 1 is 1.33 bits per heavy atom. The predicted octanol–water partition coefficient (Wildman–Crippen LogP) is 2.65. The van der Waals surface area contributed by atoms with E-state index in [1.54, 1.807) is 24.3 Å². The van der Waals surface area contributed by atoms with E-state index in [-0.39, 0.29) is 11.1 Å². The van der Waals surface area contributed by atoms with Gasteiger partial charge in [-0.3, -0.25) is 14.5 Å². The van der Waals surface area contributed by atoms with Gasteiger partial charge >= 0.3 is 0 Å². The number of hydrogen-bond donors (Lipinski definition) is 0. The smallest absolute Gasteiger partial charge is 0.269 e. The maximum absolute atomic E-state index is 11.8. The molecule has 1 aliphatic heterocycles. The van der Waals surface area contributed by atoms with E-state index in [0.717, 1.165) is 0 Å². The molecule has 0 atom stereocenters. The SMILES string of the molecule is O=C1SCCN1C(=O)c1ccc(Cl)cc1. The highest BCUT2D eigenvalue weighted by Crippen LogP contribution is 2.20. The summed E-state index contributed by atoms with van der Waals surface area (Å²) >= 11 is 6.88. The van der Waals surface area contributed by atoms with Crippen LogP contribution in [-0.4, -0.2) is 28.3 Å². The first-order valence-electron chi connectivity index (χ1n) is 4.42. The van der Waals surface area contributed by atoms with Crippen LogP contribution in [0.3, 0.4) is 0 Å². The molecule has 0 bridgehead atoms. The summed E-state index contributed by atoms with van der Waals surface area (Å²) in [5.74, 6) is 0.430. The highest BCUT2D eigenvalue weighted by atomic mass is 35.5. The number of imide groups is 1. The molecular weight excluding hydrogens is 234 g/mol. The van der Waals surface area contributed by atoms with Crippen molar-refractivity contribution >= 4 is 34.5 Å². The van der Waals surface area contributed by atoms with E-state index in [1.807, 2.05) is 0 Å². The molecule has 0 N–H and O–H groups in total. The fraction of sp³-hybridized carbons (Fsp3) is 0.200. The number of amides is 2. The molecule has 1 saturated heterocycles. The maximum Gasteiger partial charge on any atom is 0.288 e. The number of hydrogen-bond acceptors (Lipinski definition) is 3. The third-order valence-corrected chi connectivity index (χ3v) is 3.20. The molecule has 2 rings (SSSR count). The fourth-order valence-electron chi connectivity index (χ4n) is 1.33. The van der Waals surface area contributed by atoms with Gasteiger partial charge in [0.25, 0.3) is 11.1 Å². The Balaban J connectivity index is 2.20. The molecule has 0 aromatic heterocycles. The maximum atomic E-state index is 11.8. The molecule has 2 amide bonds. The van der Waals surface area contributed by atoms with Crippen LogP contribution in [0.5, 0.6) is 0 Å². The molecular formula is C10H8ClNO2S. The van der Waals surface area contributed by atoms with Gasteiger partial charge in [0.05, 0.1) is 0 Å². The van der Waals surface area contributed by atoms with Crippen LogP contribution < -0.4 is 0 Å². The van der Waals surface area contributed by atoms with Crippen molar-refractivity contribution in [2.75, 3.05) is 12.3 Å².